The Bertz CT molecular complexity index is 1170. The lowest BCUT2D eigenvalue weighted by molar-refractivity contribution is -0.118. The number of carbonyl (C=O) groups is 3. The lowest BCUT2D eigenvalue weighted by Crippen LogP contribution is -2.26. The van der Waals surface area contributed by atoms with Crippen molar-refractivity contribution >= 4 is 34.5 Å². The summed E-state index contributed by atoms with van der Waals surface area (Å²) in [4.78, 5) is 45.7. The van der Waals surface area contributed by atoms with Crippen molar-refractivity contribution in [2.75, 3.05) is 25.0 Å². The van der Waals surface area contributed by atoms with Crippen molar-refractivity contribution in [3.63, 3.8) is 0 Å². The van der Waals surface area contributed by atoms with Crippen LogP contribution in [0.2, 0.25) is 0 Å². The number of benzene rings is 1. The van der Waals surface area contributed by atoms with Crippen LogP contribution in [0.15, 0.2) is 30.7 Å². The number of anilines is 1. The van der Waals surface area contributed by atoms with Crippen molar-refractivity contribution < 1.29 is 24.2 Å². The molecule has 4 rings (SSSR count). The van der Waals surface area contributed by atoms with Crippen molar-refractivity contribution in [2.45, 2.75) is 33.2 Å². The van der Waals surface area contributed by atoms with Crippen molar-refractivity contribution in [3.05, 3.63) is 47.5 Å². The van der Waals surface area contributed by atoms with Gasteiger partial charge in [-0.15, -0.1) is 0 Å². The van der Waals surface area contributed by atoms with Gasteiger partial charge in [0.2, 0.25) is 0 Å². The Balaban J connectivity index is 0.000000406. The summed E-state index contributed by atoms with van der Waals surface area (Å²) in [6.45, 7) is 6.79. The molecular weight excluding hydrogens is 440 g/mol. The summed E-state index contributed by atoms with van der Waals surface area (Å²) in [5.74, 6) is -1.31. The van der Waals surface area contributed by atoms with Gasteiger partial charge in [-0.05, 0) is 37.2 Å². The van der Waals surface area contributed by atoms with Crippen LogP contribution in [0.25, 0.3) is 11.0 Å². The fourth-order valence-corrected chi connectivity index (χ4v) is 3.26. The third-order valence-corrected chi connectivity index (χ3v) is 5.00. The van der Waals surface area contributed by atoms with E-state index in [9.17, 15) is 14.4 Å². The van der Waals surface area contributed by atoms with Crippen molar-refractivity contribution in [2.24, 2.45) is 0 Å². The Morgan fingerprint density at radius 1 is 1.24 bits per heavy atom. The van der Waals surface area contributed by atoms with E-state index in [4.69, 9.17) is 9.84 Å². The molecule has 180 valence electrons. The number of ether oxygens (including phenoxy) is 1. The number of aromatic amines is 1. The Morgan fingerprint density at radius 3 is 2.79 bits per heavy atom. The number of carboxylic acid groups (broad SMARTS) is 1. The third kappa shape index (κ3) is 6.07. The van der Waals surface area contributed by atoms with Gasteiger partial charge in [0, 0.05) is 12.7 Å². The van der Waals surface area contributed by atoms with Crippen LogP contribution < -0.4 is 20.7 Å². The summed E-state index contributed by atoms with van der Waals surface area (Å²) in [6, 6.07) is 5.19. The van der Waals surface area contributed by atoms with Crippen LogP contribution in [0.4, 0.5) is 5.69 Å². The monoisotopic (exact) mass is 468 g/mol. The van der Waals surface area contributed by atoms with E-state index in [0.717, 1.165) is 18.4 Å². The molecule has 11 heteroatoms. The Morgan fingerprint density at radius 2 is 2.06 bits per heavy atom. The zero-order valence-electron chi connectivity index (χ0n) is 19.1. The number of rotatable bonds is 8. The predicted molar refractivity (Wildman–Crippen MR) is 126 cm³/mol. The molecule has 1 aromatic carbocycles. The molecule has 3 heterocycles. The Hall–Kier alpha value is -3.99. The van der Waals surface area contributed by atoms with E-state index in [-0.39, 0.29) is 41.3 Å². The number of H-pyrrole nitrogens is 1. The van der Waals surface area contributed by atoms with Gasteiger partial charge in [-0.25, -0.2) is 14.8 Å². The molecule has 0 fully saturated rings. The molecule has 3 aromatic rings. The molecule has 0 spiro atoms. The minimum atomic E-state index is -1.15. The molecule has 5 N–H and O–H groups in total. The highest BCUT2D eigenvalue weighted by Gasteiger charge is 2.20. The maximum atomic E-state index is 12.5. The number of carbonyl (C=O) groups excluding carboxylic acids is 2. The molecule has 2 amide bonds. The van der Waals surface area contributed by atoms with E-state index in [1.807, 2.05) is 0 Å². The van der Waals surface area contributed by atoms with Crippen molar-refractivity contribution in [1.82, 2.24) is 25.6 Å². The van der Waals surface area contributed by atoms with Gasteiger partial charge in [0.1, 0.15) is 23.2 Å². The maximum Gasteiger partial charge on any atom is 0.339 e. The molecule has 0 atom stereocenters. The first-order valence-electron chi connectivity index (χ1n) is 11.0. The highest BCUT2D eigenvalue weighted by molar-refractivity contribution is 6.08. The molecular formula is C23H28N6O5. The molecule has 0 aliphatic carbocycles. The summed E-state index contributed by atoms with van der Waals surface area (Å²) < 4.78 is 5.29. The van der Waals surface area contributed by atoms with E-state index in [1.54, 1.807) is 18.2 Å². The second kappa shape index (κ2) is 11.8. The predicted octanol–water partition coefficient (Wildman–Crippen LogP) is 2.31. The molecule has 11 nitrogen and oxygen atoms in total. The number of aromatic carboxylic acids is 1. The van der Waals surface area contributed by atoms with E-state index in [2.05, 4.69) is 44.7 Å². The van der Waals surface area contributed by atoms with Crippen molar-refractivity contribution in [3.8, 4) is 5.75 Å². The molecule has 1 aliphatic heterocycles. The maximum absolute atomic E-state index is 12.5. The molecule has 2 aromatic heterocycles. The average Bonchev–Trinajstić information content (AvgIpc) is 3.28. The zero-order valence-corrected chi connectivity index (χ0v) is 19.1. The molecule has 1 aliphatic rings. The summed E-state index contributed by atoms with van der Waals surface area (Å²) in [7, 11) is 0. The Kier molecular flexibility index (Phi) is 8.52. The summed E-state index contributed by atoms with van der Waals surface area (Å²) >= 11 is 0. The number of hydrogen-bond donors (Lipinski definition) is 5. The van der Waals surface area contributed by atoms with Gasteiger partial charge in [0.15, 0.2) is 12.3 Å². The first-order valence-corrected chi connectivity index (χ1v) is 11.0. The number of fused-ring (bicyclic) bond motifs is 2. The largest absolute Gasteiger partial charge is 0.482 e. The number of unbranched alkanes of at least 4 members (excludes halogenated alkanes) is 1. The second-order valence-electron chi connectivity index (χ2n) is 7.51. The number of nitrogens with zero attached hydrogens (tertiary/aromatic N) is 2. The van der Waals surface area contributed by atoms with E-state index in [1.165, 1.54) is 25.6 Å². The van der Waals surface area contributed by atoms with Gasteiger partial charge in [-0.3, -0.25) is 9.59 Å². The number of hydrogen-bond acceptors (Lipinski definition) is 7. The van der Waals surface area contributed by atoms with Gasteiger partial charge in [0.25, 0.3) is 11.8 Å². The topological polar surface area (TPSA) is 158 Å². The van der Waals surface area contributed by atoms with Gasteiger partial charge < -0.3 is 30.8 Å². The third-order valence-electron chi connectivity index (χ3n) is 5.00. The zero-order chi connectivity index (χ0) is 24.5. The average molecular weight is 469 g/mol. The minimum Gasteiger partial charge on any atom is -0.482 e. The minimum absolute atomic E-state index is 0.0265. The van der Waals surface area contributed by atoms with Crippen molar-refractivity contribution in [1.29, 1.82) is 0 Å². The molecule has 34 heavy (non-hydrogen) atoms. The molecule has 0 saturated carbocycles. The van der Waals surface area contributed by atoms with Crippen LogP contribution in [0.3, 0.4) is 0 Å². The van der Waals surface area contributed by atoms with Gasteiger partial charge in [0.05, 0.1) is 11.2 Å². The lowest BCUT2D eigenvalue weighted by Gasteiger charge is -2.18. The van der Waals surface area contributed by atoms with E-state index >= 15 is 0 Å². The first kappa shape index (κ1) is 24.6. The number of amides is 2. The standard InChI is InChI=1S/C17H13N5O5.C6H15N/c23-12-6-27-11-2-1-8(3-10(11)22-12)4-19-16(24)15-14-13(20-7-21-15)9(5-18-14)17(25)26;1-3-5-6-7-4-2/h1-3,5,7,18H,4,6H2,(H,19,24)(H,22,23)(H,25,26);7H,3-6H2,1-2H3. The quantitative estimate of drug-likeness (QED) is 0.315. The summed E-state index contributed by atoms with van der Waals surface area (Å²) in [6.07, 6.45) is 5.02. The fraction of sp³-hybridized carbons (Fsp3) is 0.348. The molecule has 0 unspecified atom stereocenters. The van der Waals surface area contributed by atoms with Crippen LogP contribution in [0.5, 0.6) is 5.75 Å². The first-order chi connectivity index (χ1) is 16.4. The fourth-order valence-electron chi connectivity index (χ4n) is 3.26. The van der Waals surface area contributed by atoms with Gasteiger partial charge in [-0.1, -0.05) is 26.3 Å². The molecule has 0 radical (unpaired) electrons. The van der Waals surface area contributed by atoms with Crippen LogP contribution in [-0.4, -0.2) is 57.5 Å². The highest BCUT2D eigenvalue weighted by Crippen LogP contribution is 2.28. The summed E-state index contributed by atoms with van der Waals surface area (Å²) in [5.41, 5.74) is 1.71. The van der Waals surface area contributed by atoms with Crippen LogP contribution in [0, 0.1) is 0 Å². The SMILES string of the molecule is CCCCNCC.O=C1COc2ccc(CNC(=O)c3ncnc4c(C(=O)O)c[nH]c34)cc2N1. The lowest BCUT2D eigenvalue weighted by atomic mass is 10.1. The second-order valence-corrected chi connectivity index (χ2v) is 7.51. The Labute approximate surface area is 196 Å². The van der Waals surface area contributed by atoms with Crippen LogP contribution in [0.1, 0.15) is 53.1 Å². The van der Waals surface area contributed by atoms with Gasteiger partial charge in [-0.2, -0.15) is 0 Å². The molecule has 0 bridgehead atoms. The summed E-state index contributed by atoms with van der Waals surface area (Å²) in [5, 5.41) is 17.8. The van der Waals surface area contributed by atoms with Crippen LogP contribution in [-0.2, 0) is 11.3 Å². The smallest absolute Gasteiger partial charge is 0.339 e. The normalized spacial score (nSPS) is 12.1. The van der Waals surface area contributed by atoms with E-state index < -0.39 is 11.9 Å². The van der Waals surface area contributed by atoms with Gasteiger partial charge >= 0.3 is 5.97 Å². The number of carboxylic acids is 1. The van der Waals surface area contributed by atoms with Crippen LogP contribution >= 0.6 is 0 Å². The molecule has 0 saturated heterocycles. The highest BCUT2D eigenvalue weighted by atomic mass is 16.5. The number of nitrogens with one attached hydrogen (secondary N) is 4. The number of aromatic nitrogens is 3. The van der Waals surface area contributed by atoms with E-state index in [0.29, 0.717) is 11.4 Å².